The Morgan fingerprint density at radius 3 is 2.05 bits per heavy atom. The summed E-state index contributed by atoms with van der Waals surface area (Å²) in [5.41, 5.74) is 0.180. The molecule has 0 aliphatic heterocycles. The van der Waals surface area contributed by atoms with E-state index in [9.17, 15) is 9.59 Å². The normalized spacial score (nSPS) is 11.3. The lowest BCUT2D eigenvalue weighted by atomic mass is 10.5. The van der Waals surface area contributed by atoms with E-state index in [1.165, 1.54) is 17.9 Å². The van der Waals surface area contributed by atoms with E-state index in [1.54, 1.807) is 18.7 Å². The first-order valence-corrected chi connectivity index (χ1v) is 6.46. The van der Waals surface area contributed by atoms with Gasteiger partial charge in [0.15, 0.2) is 11.2 Å². The van der Waals surface area contributed by atoms with Gasteiger partial charge in [-0.25, -0.2) is 14.3 Å². The summed E-state index contributed by atoms with van der Waals surface area (Å²) in [6.07, 6.45) is 1.52. The molecule has 2 heterocycles. The Morgan fingerprint density at radius 1 is 1.11 bits per heavy atom. The molecule has 0 fully saturated rings. The molecule has 106 valence electrons. The second-order valence-corrected chi connectivity index (χ2v) is 4.77. The summed E-state index contributed by atoms with van der Waals surface area (Å²) in [7, 11) is 0.134. The van der Waals surface area contributed by atoms with Gasteiger partial charge in [-0.05, 0) is 0 Å². The van der Waals surface area contributed by atoms with Crippen LogP contribution < -0.4 is 11.2 Å². The lowest BCUT2D eigenvalue weighted by molar-refractivity contribution is 0.275. The number of nitrogens with zero attached hydrogens (tertiary/aromatic N) is 4. The number of fused-ring (bicyclic) bond motifs is 1. The van der Waals surface area contributed by atoms with E-state index in [0.717, 1.165) is 4.57 Å². The number of rotatable bonds is 0. The van der Waals surface area contributed by atoms with Crippen molar-refractivity contribution in [2.24, 2.45) is 21.1 Å². The minimum absolute atomic E-state index is 0.317. The molecule has 0 aromatic carbocycles. The molecule has 2 aromatic rings. The smallest absolute Gasteiger partial charge is 0.328 e. The van der Waals surface area contributed by atoms with Crippen molar-refractivity contribution in [3.63, 3.8) is 0 Å². The minimum atomic E-state index is -4.64. The molecule has 2 aromatic heterocycles. The van der Waals surface area contributed by atoms with Crippen LogP contribution in [0.4, 0.5) is 0 Å². The molecule has 3 N–H and O–H groups in total. The first kappa shape index (κ1) is 15.3. The number of hydrogen-bond donors (Lipinski definition) is 3. The summed E-state index contributed by atoms with van der Waals surface area (Å²) in [6.45, 7) is 0. The molecule has 0 atom stereocenters. The summed E-state index contributed by atoms with van der Waals surface area (Å²) >= 11 is 0. The maximum atomic E-state index is 11.7. The summed E-state index contributed by atoms with van der Waals surface area (Å²) in [5.74, 6) is 0. The first-order valence-electron chi connectivity index (χ1n) is 4.89. The highest BCUT2D eigenvalue weighted by molar-refractivity contribution is 7.45. The predicted molar refractivity (Wildman–Crippen MR) is 65.5 cm³/mol. The van der Waals surface area contributed by atoms with Crippen LogP contribution in [0.25, 0.3) is 11.2 Å². The van der Waals surface area contributed by atoms with Gasteiger partial charge in [0, 0.05) is 21.1 Å². The Labute approximate surface area is 106 Å². The molecule has 0 saturated heterocycles. The lowest BCUT2D eigenvalue weighted by Gasteiger charge is -2.02. The fraction of sp³-hybridized carbons (Fsp3) is 0.375. The molecule has 2 rings (SSSR count). The molecular formula is C8H13N4O6P. The largest absolute Gasteiger partial charge is 0.466 e. The Bertz CT molecular complexity index is 758. The maximum absolute atomic E-state index is 11.7. The van der Waals surface area contributed by atoms with Gasteiger partial charge in [0.2, 0.25) is 0 Å². The molecule has 0 amide bonds. The van der Waals surface area contributed by atoms with Crippen molar-refractivity contribution in [3.05, 3.63) is 27.2 Å². The second kappa shape index (κ2) is 5.10. The van der Waals surface area contributed by atoms with Crippen LogP contribution in [-0.2, 0) is 25.7 Å². The van der Waals surface area contributed by atoms with Crippen LogP contribution in [0.2, 0.25) is 0 Å². The van der Waals surface area contributed by atoms with Crippen molar-refractivity contribution in [3.8, 4) is 0 Å². The molecule has 0 spiro atoms. The molecule has 10 nitrogen and oxygen atoms in total. The molecule has 11 heteroatoms. The van der Waals surface area contributed by atoms with Crippen LogP contribution in [0, 0.1) is 0 Å². The molecule has 0 radical (unpaired) electrons. The van der Waals surface area contributed by atoms with Crippen molar-refractivity contribution < 1.29 is 19.2 Å². The molecular weight excluding hydrogens is 279 g/mol. The highest BCUT2D eigenvalue weighted by Gasteiger charge is 2.11. The molecule has 0 aliphatic carbocycles. The first-order chi connectivity index (χ1) is 8.54. The Kier molecular flexibility index (Phi) is 4.11. The van der Waals surface area contributed by atoms with Crippen molar-refractivity contribution in [2.75, 3.05) is 0 Å². The number of imidazole rings is 1. The van der Waals surface area contributed by atoms with Crippen LogP contribution >= 0.6 is 7.82 Å². The van der Waals surface area contributed by atoms with Gasteiger partial charge in [-0.3, -0.25) is 13.9 Å². The number of aryl methyl sites for hydroxylation is 2. The Morgan fingerprint density at radius 2 is 1.58 bits per heavy atom. The van der Waals surface area contributed by atoms with E-state index in [-0.39, 0.29) is 11.2 Å². The summed E-state index contributed by atoms with van der Waals surface area (Å²) < 4.78 is 12.9. The van der Waals surface area contributed by atoms with E-state index in [0.29, 0.717) is 11.2 Å². The zero-order valence-corrected chi connectivity index (χ0v) is 11.3. The fourth-order valence-electron chi connectivity index (χ4n) is 1.47. The minimum Gasteiger partial charge on any atom is -0.328 e. The van der Waals surface area contributed by atoms with Crippen LogP contribution in [0.3, 0.4) is 0 Å². The molecule has 0 bridgehead atoms. The topological polar surface area (TPSA) is 140 Å². The maximum Gasteiger partial charge on any atom is 0.466 e. The molecule has 19 heavy (non-hydrogen) atoms. The van der Waals surface area contributed by atoms with Gasteiger partial charge in [-0.15, -0.1) is 0 Å². The third-order valence-corrected chi connectivity index (χ3v) is 2.32. The quantitative estimate of drug-likeness (QED) is 0.479. The van der Waals surface area contributed by atoms with Gasteiger partial charge < -0.3 is 19.2 Å². The van der Waals surface area contributed by atoms with Crippen LogP contribution in [0.1, 0.15) is 0 Å². The van der Waals surface area contributed by atoms with E-state index >= 15 is 0 Å². The highest BCUT2D eigenvalue weighted by Crippen LogP contribution is 2.25. The summed E-state index contributed by atoms with van der Waals surface area (Å²) in [4.78, 5) is 48.7. The Hall–Kier alpha value is -1.74. The number of phosphoric acid groups is 1. The lowest BCUT2D eigenvalue weighted by Crippen LogP contribution is -2.37. The molecule has 0 aliphatic rings. The van der Waals surface area contributed by atoms with E-state index in [1.807, 2.05) is 0 Å². The Balaban J connectivity index is 0.000000312. The fourth-order valence-corrected chi connectivity index (χ4v) is 1.47. The molecule has 0 unspecified atom stereocenters. The van der Waals surface area contributed by atoms with Crippen molar-refractivity contribution >= 4 is 19.0 Å². The summed E-state index contributed by atoms with van der Waals surface area (Å²) in [5, 5.41) is 0. The monoisotopic (exact) mass is 292 g/mol. The van der Waals surface area contributed by atoms with Gasteiger partial charge in [0.05, 0.1) is 6.33 Å². The van der Waals surface area contributed by atoms with Crippen LogP contribution in [0.5, 0.6) is 0 Å². The van der Waals surface area contributed by atoms with E-state index < -0.39 is 7.82 Å². The third-order valence-electron chi connectivity index (χ3n) is 2.32. The third kappa shape index (κ3) is 3.38. The van der Waals surface area contributed by atoms with E-state index in [2.05, 4.69) is 4.98 Å². The SMILES string of the molecule is Cn1c(=O)c2c(ncn2C)n(C)c1=O.O=P(O)(O)O. The van der Waals surface area contributed by atoms with Crippen molar-refractivity contribution in [1.82, 2.24) is 18.7 Å². The van der Waals surface area contributed by atoms with Gasteiger partial charge in [-0.1, -0.05) is 0 Å². The number of aromatic nitrogens is 4. The van der Waals surface area contributed by atoms with Gasteiger partial charge in [-0.2, -0.15) is 0 Å². The van der Waals surface area contributed by atoms with Crippen molar-refractivity contribution in [1.29, 1.82) is 0 Å². The zero-order valence-electron chi connectivity index (χ0n) is 10.4. The highest BCUT2D eigenvalue weighted by atomic mass is 31.2. The predicted octanol–water partition coefficient (Wildman–Crippen LogP) is -1.96. The van der Waals surface area contributed by atoms with Gasteiger partial charge >= 0.3 is 13.5 Å². The average molecular weight is 292 g/mol. The van der Waals surface area contributed by atoms with Gasteiger partial charge in [0.25, 0.3) is 5.56 Å². The standard InChI is InChI=1S/C8H10N4O2.H3O4P/c1-10-4-9-6-5(10)7(13)12(3)8(14)11(6)2;1-5(2,3)4/h4H,1-3H3;(H3,1,2,3,4). The average Bonchev–Trinajstić information content (AvgIpc) is 2.63. The van der Waals surface area contributed by atoms with Crippen LogP contribution in [0.15, 0.2) is 15.9 Å². The van der Waals surface area contributed by atoms with Gasteiger partial charge in [0.1, 0.15) is 0 Å². The zero-order chi connectivity index (χ0) is 15.0. The second-order valence-electron chi connectivity index (χ2n) is 3.75. The van der Waals surface area contributed by atoms with E-state index in [4.69, 9.17) is 19.2 Å². The van der Waals surface area contributed by atoms with Crippen molar-refractivity contribution in [2.45, 2.75) is 0 Å². The van der Waals surface area contributed by atoms with Crippen LogP contribution in [-0.4, -0.2) is 33.4 Å². The molecule has 0 saturated carbocycles. The summed E-state index contributed by atoms with van der Waals surface area (Å²) in [6, 6.07) is 0. The number of hydrogen-bond acceptors (Lipinski definition) is 4.